The van der Waals surface area contributed by atoms with Gasteiger partial charge in [0.1, 0.15) is 11.3 Å². The van der Waals surface area contributed by atoms with Crippen LogP contribution in [-0.4, -0.2) is 20.3 Å². The molecule has 0 spiro atoms. The molecule has 0 radical (unpaired) electrons. The summed E-state index contributed by atoms with van der Waals surface area (Å²) in [6.45, 7) is 1.90. The van der Waals surface area contributed by atoms with E-state index in [1.807, 2.05) is 102 Å². The summed E-state index contributed by atoms with van der Waals surface area (Å²) in [4.78, 5) is 18.8. The zero-order valence-electron chi connectivity index (χ0n) is 19.5. The van der Waals surface area contributed by atoms with Crippen LogP contribution in [0.4, 0.5) is 5.69 Å². The van der Waals surface area contributed by atoms with Crippen LogP contribution in [0.25, 0.3) is 28.1 Å². The van der Waals surface area contributed by atoms with Crippen molar-refractivity contribution < 1.29 is 4.42 Å². The third-order valence-electron chi connectivity index (χ3n) is 5.96. The predicted octanol–water partition coefficient (Wildman–Crippen LogP) is 5.94. The maximum absolute atomic E-state index is 13.5. The number of rotatable bonds is 5. The first-order chi connectivity index (χ1) is 17.6. The van der Waals surface area contributed by atoms with E-state index in [2.05, 4.69) is 0 Å². The summed E-state index contributed by atoms with van der Waals surface area (Å²) >= 11 is 3.02. The number of hydrogen-bond acceptors (Lipinski definition) is 6. The first-order valence-electron chi connectivity index (χ1n) is 11.2. The van der Waals surface area contributed by atoms with E-state index in [1.165, 1.54) is 11.3 Å². The Hall–Kier alpha value is -4.21. The highest BCUT2D eigenvalue weighted by Gasteiger charge is 2.18. The van der Waals surface area contributed by atoms with Crippen LogP contribution in [0.3, 0.4) is 0 Å². The molecule has 4 aromatic heterocycles. The Morgan fingerprint density at radius 1 is 1.00 bits per heavy atom. The molecule has 4 heterocycles. The van der Waals surface area contributed by atoms with E-state index >= 15 is 0 Å². The maximum atomic E-state index is 13.5. The van der Waals surface area contributed by atoms with Gasteiger partial charge in [-0.15, -0.1) is 11.3 Å². The fourth-order valence-corrected chi connectivity index (χ4v) is 5.45. The predicted molar refractivity (Wildman–Crippen MR) is 146 cm³/mol. The summed E-state index contributed by atoms with van der Waals surface area (Å²) in [6, 6.07) is 21.4. The van der Waals surface area contributed by atoms with E-state index in [-0.39, 0.29) is 5.56 Å². The molecular formula is C27H21N5O2S2. The number of thiophene rings is 1. The van der Waals surface area contributed by atoms with Crippen LogP contribution in [0.5, 0.6) is 0 Å². The fraction of sp³-hybridized carbons (Fsp3) is 0.0741. The number of thiazole rings is 1. The van der Waals surface area contributed by atoms with Gasteiger partial charge in [0.25, 0.3) is 5.56 Å². The van der Waals surface area contributed by atoms with Gasteiger partial charge in [0.05, 0.1) is 17.6 Å². The second-order valence-corrected chi connectivity index (χ2v) is 9.80. The molecule has 0 amide bonds. The Kier molecular flexibility index (Phi) is 5.63. The minimum absolute atomic E-state index is 0.187. The quantitative estimate of drug-likeness (QED) is 0.269. The second kappa shape index (κ2) is 9.10. The molecule has 36 heavy (non-hydrogen) atoms. The van der Waals surface area contributed by atoms with Crippen molar-refractivity contribution in [3.05, 3.63) is 109 Å². The average Bonchev–Trinajstić information content (AvgIpc) is 3.68. The lowest BCUT2D eigenvalue weighted by atomic mass is 10.2. The Bertz CT molecular complexity index is 1800. The Labute approximate surface area is 214 Å². The lowest BCUT2D eigenvalue weighted by molar-refractivity contribution is 0.622. The Morgan fingerprint density at radius 2 is 1.81 bits per heavy atom. The van der Waals surface area contributed by atoms with E-state index in [0.29, 0.717) is 16.2 Å². The van der Waals surface area contributed by atoms with Crippen molar-refractivity contribution in [1.82, 2.24) is 14.0 Å². The monoisotopic (exact) mass is 511 g/mol. The largest absolute Gasteiger partial charge is 0.454 e. The number of fused-ring (bicyclic) bond motifs is 1. The smallest absolute Gasteiger partial charge is 0.297 e. The standard InChI is InChI=1S/C27H21N5O2S2/c1-18-25(26(33)32(30(18)2)21-9-4-3-5-10-21)29-27-31(28-15-19-12-13-35-16-19)22(17-36-27)24-14-20-8-6-7-11-23(20)34-24/h3-17H,1-2H3. The van der Waals surface area contributed by atoms with Crippen LogP contribution in [0.15, 0.2) is 102 Å². The van der Waals surface area contributed by atoms with Gasteiger partial charge in [-0.05, 0) is 48.0 Å². The van der Waals surface area contributed by atoms with Crippen LogP contribution in [-0.2, 0) is 7.05 Å². The number of hydrogen-bond donors (Lipinski definition) is 0. The van der Waals surface area contributed by atoms with Gasteiger partial charge in [-0.2, -0.15) is 16.4 Å². The van der Waals surface area contributed by atoms with E-state index in [9.17, 15) is 4.79 Å². The molecule has 7 nitrogen and oxygen atoms in total. The first kappa shape index (κ1) is 22.3. The van der Waals surface area contributed by atoms with Crippen LogP contribution in [0, 0.1) is 6.92 Å². The molecule has 0 aliphatic carbocycles. The van der Waals surface area contributed by atoms with Gasteiger partial charge in [0.15, 0.2) is 11.4 Å². The third-order valence-corrected chi connectivity index (χ3v) is 7.48. The van der Waals surface area contributed by atoms with Crippen molar-refractivity contribution in [3.8, 4) is 17.1 Å². The molecule has 0 atom stereocenters. The fourth-order valence-electron chi connectivity index (χ4n) is 4.02. The Balaban J connectivity index is 1.55. The van der Waals surface area contributed by atoms with Crippen molar-refractivity contribution >= 4 is 45.5 Å². The van der Waals surface area contributed by atoms with Crippen molar-refractivity contribution in [2.24, 2.45) is 17.1 Å². The molecule has 0 bridgehead atoms. The van der Waals surface area contributed by atoms with Crippen molar-refractivity contribution in [3.63, 3.8) is 0 Å². The van der Waals surface area contributed by atoms with Crippen LogP contribution in [0.2, 0.25) is 0 Å². The summed E-state index contributed by atoms with van der Waals surface area (Å²) in [7, 11) is 1.86. The van der Waals surface area contributed by atoms with Gasteiger partial charge in [-0.3, -0.25) is 9.48 Å². The highest BCUT2D eigenvalue weighted by Crippen LogP contribution is 2.28. The summed E-state index contributed by atoms with van der Waals surface area (Å²) < 4.78 is 11.3. The lowest BCUT2D eigenvalue weighted by Gasteiger charge is -2.07. The number of nitrogens with zero attached hydrogens (tertiary/aromatic N) is 5. The van der Waals surface area contributed by atoms with E-state index in [4.69, 9.17) is 14.5 Å². The van der Waals surface area contributed by atoms with Crippen LogP contribution < -0.4 is 10.4 Å². The normalized spacial score (nSPS) is 12.3. The number of para-hydroxylation sites is 2. The van der Waals surface area contributed by atoms with Gasteiger partial charge < -0.3 is 4.42 Å². The topological polar surface area (TPSA) is 69.7 Å². The summed E-state index contributed by atoms with van der Waals surface area (Å²) in [6.07, 6.45) is 1.79. The molecule has 2 aromatic carbocycles. The minimum atomic E-state index is -0.187. The molecule has 6 rings (SSSR count). The highest BCUT2D eigenvalue weighted by atomic mass is 32.1. The van der Waals surface area contributed by atoms with Gasteiger partial charge in [0.2, 0.25) is 4.80 Å². The number of benzene rings is 2. The van der Waals surface area contributed by atoms with Crippen molar-refractivity contribution in [2.45, 2.75) is 6.92 Å². The lowest BCUT2D eigenvalue weighted by Crippen LogP contribution is -2.19. The minimum Gasteiger partial charge on any atom is -0.454 e. The molecule has 0 aliphatic heterocycles. The van der Waals surface area contributed by atoms with Gasteiger partial charge >= 0.3 is 0 Å². The average molecular weight is 512 g/mol. The zero-order valence-corrected chi connectivity index (χ0v) is 21.2. The summed E-state index contributed by atoms with van der Waals surface area (Å²) in [5.41, 5.74) is 4.28. The molecule has 0 fully saturated rings. The Morgan fingerprint density at radius 3 is 2.58 bits per heavy atom. The van der Waals surface area contributed by atoms with E-state index < -0.39 is 0 Å². The molecular weight excluding hydrogens is 490 g/mol. The van der Waals surface area contributed by atoms with Gasteiger partial charge in [0, 0.05) is 23.4 Å². The zero-order chi connectivity index (χ0) is 24.6. The molecule has 0 saturated heterocycles. The highest BCUT2D eigenvalue weighted by molar-refractivity contribution is 7.08. The van der Waals surface area contributed by atoms with Crippen LogP contribution >= 0.6 is 22.7 Å². The SMILES string of the molecule is Cc1c(N=c2scc(-c3cc4ccccc4o3)n2N=Cc2ccsc2)c(=O)n(-c2ccccc2)n1C. The maximum Gasteiger partial charge on any atom is 0.297 e. The molecule has 0 aliphatic rings. The number of aromatic nitrogens is 3. The molecule has 178 valence electrons. The molecule has 0 saturated carbocycles. The van der Waals surface area contributed by atoms with Crippen molar-refractivity contribution in [1.29, 1.82) is 0 Å². The van der Waals surface area contributed by atoms with Crippen molar-refractivity contribution in [2.75, 3.05) is 0 Å². The number of furan rings is 1. The summed E-state index contributed by atoms with van der Waals surface area (Å²) in [5.74, 6) is 0.683. The molecule has 0 N–H and O–H groups in total. The van der Waals surface area contributed by atoms with Gasteiger partial charge in [-0.1, -0.05) is 36.4 Å². The molecule has 6 aromatic rings. The second-order valence-electron chi connectivity index (χ2n) is 8.19. The molecule has 9 heteroatoms. The third kappa shape index (κ3) is 3.88. The van der Waals surface area contributed by atoms with Crippen LogP contribution in [0.1, 0.15) is 11.3 Å². The summed E-state index contributed by atoms with van der Waals surface area (Å²) in [5, 5.41) is 11.7. The molecule has 0 unspecified atom stereocenters. The van der Waals surface area contributed by atoms with E-state index in [1.54, 1.807) is 26.9 Å². The first-order valence-corrected chi connectivity index (χ1v) is 13.1. The van der Waals surface area contributed by atoms with Gasteiger partial charge in [-0.25, -0.2) is 14.4 Å². The van der Waals surface area contributed by atoms with E-state index in [0.717, 1.165) is 33.6 Å².